The summed E-state index contributed by atoms with van der Waals surface area (Å²) in [5, 5.41) is 0. The van der Waals surface area contributed by atoms with Gasteiger partial charge in [-0.05, 0) is 74.3 Å². The Bertz CT molecular complexity index is 2110. The Kier molecular flexibility index (Phi) is 9.56. The summed E-state index contributed by atoms with van der Waals surface area (Å²) >= 11 is 0. The molecule has 5 heterocycles. The molecular formula is C43H47N7O4. The highest BCUT2D eigenvalue weighted by Gasteiger charge is 2.43. The number of nitrogens with zero attached hydrogens (tertiary/aromatic N) is 5. The molecule has 0 aliphatic carbocycles. The summed E-state index contributed by atoms with van der Waals surface area (Å²) in [4.78, 5) is 60.9. The standard InChI is InChI=1S/C43H47N7O4/c1-43(2,3)54-42(53)48-26-33(27-48)41(52)50-22-8-12-37(50)40-45-25-35(47-40)32-19-15-30(16-20-32)29-13-17-31(18-14-29)34-24-44-39(46-34)36-11-7-21-49(36)38(51)23-28-9-5-4-6-10-28/h4-6,9-10,13-20,24-25,33,36-37H,7-8,11-12,21-23,26-27H2,1-3H3,(H,44,46)(H,45,47)/t36-,37-/m0/s1. The van der Waals surface area contributed by atoms with E-state index in [4.69, 9.17) is 14.7 Å². The molecule has 2 N–H and O–H groups in total. The lowest BCUT2D eigenvalue weighted by atomic mass is 9.98. The van der Waals surface area contributed by atoms with Crippen molar-refractivity contribution in [3.63, 3.8) is 0 Å². The second-order valence-electron chi connectivity index (χ2n) is 15.7. The molecule has 3 aliphatic heterocycles. The number of benzene rings is 3. The summed E-state index contributed by atoms with van der Waals surface area (Å²) in [6.07, 6.45) is 7.38. The van der Waals surface area contributed by atoms with E-state index in [1.54, 1.807) is 4.90 Å². The van der Waals surface area contributed by atoms with Gasteiger partial charge in [-0.3, -0.25) is 9.59 Å². The van der Waals surface area contributed by atoms with Gasteiger partial charge in [0.1, 0.15) is 17.2 Å². The second kappa shape index (κ2) is 14.6. The second-order valence-corrected chi connectivity index (χ2v) is 15.7. The van der Waals surface area contributed by atoms with Crippen LogP contribution in [0.4, 0.5) is 4.79 Å². The third-order valence-corrected chi connectivity index (χ3v) is 10.7. The number of carbonyl (C=O) groups is 3. The van der Waals surface area contributed by atoms with E-state index < -0.39 is 5.60 Å². The van der Waals surface area contributed by atoms with Gasteiger partial charge in [0.05, 0.1) is 48.2 Å². The SMILES string of the molecule is CC(C)(C)OC(=O)N1CC(C(=O)N2CCC[C@H]2c2ncc(-c3ccc(-c4ccc(-c5cnc([C@@H]6CCCN6C(=O)Cc6ccccc6)[nH]5)cc4)cc3)[nH]2)C1. The molecule has 278 valence electrons. The fourth-order valence-electron chi connectivity index (χ4n) is 7.87. The summed E-state index contributed by atoms with van der Waals surface area (Å²) in [7, 11) is 0. The molecular weight excluding hydrogens is 679 g/mol. The van der Waals surface area contributed by atoms with Gasteiger partial charge in [0, 0.05) is 26.2 Å². The topological polar surface area (TPSA) is 128 Å². The molecule has 5 aromatic rings. The lowest BCUT2D eigenvalue weighted by Crippen LogP contribution is -2.57. The number of rotatable bonds is 8. The van der Waals surface area contributed by atoms with Crippen LogP contribution in [0.1, 0.15) is 75.8 Å². The van der Waals surface area contributed by atoms with Crippen molar-refractivity contribution in [1.29, 1.82) is 0 Å². The van der Waals surface area contributed by atoms with Crippen molar-refractivity contribution in [3.05, 3.63) is 108 Å². The lowest BCUT2D eigenvalue weighted by Gasteiger charge is -2.41. The van der Waals surface area contributed by atoms with Crippen LogP contribution in [-0.4, -0.2) is 84.3 Å². The highest BCUT2D eigenvalue weighted by molar-refractivity contribution is 5.83. The van der Waals surface area contributed by atoms with Crippen LogP contribution >= 0.6 is 0 Å². The Morgan fingerprint density at radius 1 is 0.704 bits per heavy atom. The molecule has 2 aromatic heterocycles. The molecule has 0 spiro atoms. The Morgan fingerprint density at radius 3 is 1.74 bits per heavy atom. The number of H-pyrrole nitrogens is 2. The van der Waals surface area contributed by atoms with Gasteiger partial charge in [0.25, 0.3) is 0 Å². The molecule has 0 unspecified atom stereocenters. The van der Waals surface area contributed by atoms with Gasteiger partial charge in [-0.25, -0.2) is 14.8 Å². The third kappa shape index (κ3) is 7.40. The van der Waals surface area contributed by atoms with Gasteiger partial charge in [-0.2, -0.15) is 0 Å². The Morgan fingerprint density at radius 2 is 1.20 bits per heavy atom. The molecule has 3 fully saturated rings. The van der Waals surface area contributed by atoms with Crippen LogP contribution in [0.3, 0.4) is 0 Å². The summed E-state index contributed by atoms with van der Waals surface area (Å²) in [5.41, 5.74) is 6.56. The zero-order chi connectivity index (χ0) is 37.4. The van der Waals surface area contributed by atoms with Crippen molar-refractivity contribution in [2.24, 2.45) is 5.92 Å². The van der Waals surface area contributed by atoms with E-state index in [9.17, 15) is 14.4 Å². The number of carbonyl (C=O) groups excluding carboxylic acids is 3. The molecule has 3 saturated heterocycles. The Labute approximate surface area is 315 Å². The van der Waals surface area contributed by atoms with E-state index >= 15 is 0 Å². The maximum absolute atomic E-state index is 13.4. The Hall–Kier alpha value is -5.71. The minimum absolute atomic E-state index is 0.0376. The van der Waals surface area contributed by atoms with Gasteiger partial charge in [-0.1, -0.05) is 78.9 Å². The smallest absolute Gasteiger partial charge is 0.410 e. The van der Waals surface area contributed by atoms with E-state index in [1.165, 1.54) is 0 Å². The summed E-state index contributed by atoms with van der Waals surface area (Å²) in [5.74, 6) is 1.63. The number of amides is 3. The number of aromatic nitrogens is 4. The number of hydrogen-bond acceptors (Lipinski definition) is 6. The molecule has 8 rings (SSSR count). The van der Waals surface area contributed by atoms with Crippen molar-refractivity contribution >= 4 is 17.9 Å². The predicted octanol–water partition coefficient (Wildman–Crippen LogP) is 7.57. The number of nitrogens with one attached hydrogen (secondary N) is 2. The van der Waals surface area contributed by atoms with E-state index in [0.29, 0.717) is 26.1 Å². The first-order valence-electron chi connectivity index (χ1n) is 19.0. The zero-order valence-electron chi connectivity index (χ0n) is 31.1. The lowest BCUT2D eigenvalue weighted by molar-refractivity contribution is -0.141. The third-order valence-electron chi connectivity index (χ3n) is 10.7. The quantitative estimate of drug-likeness (QED) is 0.170. The largest absolute Gasteiger partial charge is 0.444 e. The minimum Gasteiger partial charge on any atom is -0.444 e. The van der Waals surface area contributed by atoms with Crippen molar-refractivity contribution in [2.75, 3.05) is 26.2 Å². The molecule has 3 amide bonds. The maximum Gasteiger partial charge on any atom is 0.410 e. The summed E-state index contributed by atoms with van der Waals surface area (Å²) in [6, 6.07) is 26.6. The number of ether oxygens (including phenoxy) is 1. The zero-order valence-corrected chi connectivity index (χ0v) is 31.1. The van der Waals surface area contributed by atoms with Crippen molar-refractivity contribution in [3.8, 4) is 33.6 Å². The Balaban J connectivity index is 0.879. The van der Waals surface area contributed by atoms with Crippen LogP contribution in [0.2, 0.25) is 0 Å². The number of hydrogen-bond donors (Lipinski definition) is 2. The van der Waals surface area contributed by atoms with Crippen LogP contribution < -0.4 is 0 Å². The molecule has 54 heavy (non-hydrogen) atoms. The molecule has 3 aliphatic rings. The fourth-order valence-corrected chi connectivity index (χ4v) is 7.87. The first-order valence-corrected chi connectivity index (χ1v) is 19.0. The van der Waals surface area contributed by atoms with Crippen LogP contribution in [0.5, 0.6) is 0 Å². The van der Waals surface area contributed by atoms with Crippen molar-refractivity contribution in [2.45, 2.75) is 70.6 Å². The van der Waals surface area contributed by atoms with Crippen LogP contribution in [0.25, 0.3) is 33.6 Å². The summed E-state index contributed by atoms with van der Waals surface area (Å²) < 4.78 is 5.45. The number of likely N-dealkylation sites (tertiary alicyclic amines) is 3. The molecule has 11 heteroatoms. The van der Waals surface area contributed by atoms with Crippen LogP contribution in [0.15, 0.2) is 91.3 Å². The van der Waals surface area contributed by atoms with Gasteiger partial charge >= 0.3 is 6.09 Å². The van der Waals surface area contributed by atoms with E-state index in [0.717, 1.165) is 83.1 Å². The van der Waals surface area contributed by atoms with Crippen LogP contribution in [-0.2, 0) is 20.7 Å². The average Bonchev–Trinajstić information content (AvgIpc) is 3.97. The first kappa shape index (κ1) is 35.3. The highest BCUT2D eigenvalue weighted by Crippen LogP contribution is 2.36. The average molecular weight is 726 g/mol. The molecule has 0 radical (unpaired) electrons. The number of aromatic amines is 2. The minimum atomic E-state index is -0.561. The monoisotopic (exact) mass is 725 g/mol. The predicted molar refractivity (Wildman–Crippen MR) is 206 cm³/mol. The maximum atomic E-state index is 13.4. The van der Waals surface area contributed by atoms with Gasteiger partial charge in [0.2, 0.25) is 11.8 Å². The van der Waals surface area contributed by atoms with Gasteiger partial charge in [0.15, 0.2) is 0 Å². The normalized spacial score (nSPS) is 18.9. The molecule has 0 saturated carbocycles. The molecule has 0 bridgehead atoms. The molecule has 11 nitrogen and oxygen atoms in total. The first-order chi connectivity index (χ1) is 26.1. The van der Waals surface area contributed by atoms with E-state index in [2.05, 4.69) is 58.5 Å². The molecule has 2 atom stereocenters. The van der Waals surface area contributed by atoms with Gasteiger partial charge < -0.3 is 29.4 Å². The summed E-state index contributed by atoms with van der Waals surface area (Å²) in [6.45, 7) is 7.74. The van der Waals surface area contributed by atoms with E-state index in [-0.39, 0.29) is 35.9 Å². The van der Waals surface area contributed by atoms with Gasteiger partial charge in [-0.15, -0.1) is 0 Å². The van der Waals surface area contributed by atoms with Crippen molar-refractivity contribution in [1.82, 2.24) is 34.6 Å². The highest BCUT2D eigenvalue weighted by atomic mass is 16.6. The fraction of sp³-hybridized carbons (Fsp3) is 0.372. The van der Waals surface area contributed by atoms with E-state index in [1.807, 2.05) is 73.3 Å². The number of imidazole rings is 2. The van der Waals surface area contributed by atoms with Crippen molar-refractivity contribution < 1.29 is 19.1 Å². The van der Waals surface area contributed by atoms with Crippen LogP contribution in [0, 0.1) is 5.92 Å². The molecule has 3 aromatic carbocycles.